The molecule has 9 heteroatoms. The van der Waals surface area contributed by atoms with Crippen molar-refractivity contribution >= 4 is 21.8 Å². The van der Waals surface area contributed by atoms with Gasteiger partial charge in [-0.05, 0) is 25.7 Å². The van der Waals surface area contributed by atoms with Crippen molar-refractivity contribution in [2.45, 2.75) is 37.6 Å². The van der Waals surface area contributed by atoms with Crippen LogP contribution in [0.15, 0.2) is 9.42 Å². The number of aliphatic carboxylic acids is 1. The number of rotatable bonds is 3. The van der Waals surface area contributed by atoms with Crippen molar-refractivity contribution in [2.24, 2.45) is 5.92 Å². The SMILES string of the molecule is Cc1onc(N)c1S(=O)(=O)N1CCCC(C)C1C(=O)O. The first-order valence-electron chi connectivity index (χ1n) is 6.23. The van der Waals surface area contributed by atoms with Crippen LogP contribution in [0.3, 0.4) is 0 Å². The third-order valence-corrected chi connectivity index (χ3v) is 5.58. The summed E-state index contributed by atoms with van der Waals surface area (Å²) in [6.45, 7) is 3.30. The maximum absolute atomic E-state index is 12.6. The molecule has 2 heterocycles. The number of nitrogens with zero attached hydrogens (tertiary/aromatic N) is 2. The molecule has 2 rings (SSSR count). The highest BCUT2D eigenvalue weighted by atomic mass is 32.2. The largest absolute Gasteiger partial charge is 0.480 e. The lowest BCUT2D eigenvalue weighted by Gasteiger charge is -2.35. The number of nitrogen functional groups attached to an aromatic ring is 1. The van der Waals surface area contributed by atoms with Gasteiger partial charge in [0.05, 0.1) is 0 Å². The van der Waals surface area contributed by atoms with Crippen LogP contribution in [0.4, 0.5) is 5.82 Å². The van der Waals surface area contributed by atoms with Crippen LogP contribution < -0.4 is 5.73 Å². The Kier molecular flexibility index (Phi) is 3.74. The molecule has 1 aliphatic heterocycles. The molecular weight excluding hydrogens is 286 g/mol. The Hall–Kier alpha value is -1.61. The van der Waals surface area contributed by atoms with Crippen molar-refractivity contribution in [3.8, 4) is 0 Å². The summed E-state index contributed by atoms with van der Waals surface area (Å²) >= 11 is 0. The minimum atomic E-state index is -4.04. The Morgan fingerprint density at radius 3 is 2.70 bits per heavy atom. The topological polar surface area (TPSA) is 127 Å². The molecule has 0 radical (unpaired) electrons. The number of sulfonamides is 1. The van der Waals surface area contributed by atoms with Crippen molar-refractivity contribution in [1.82, 2.24) is 9.46 Å². The first-order chi connectivity index (χ1) is 9.26. The highest BCUT2D eigenvalue weighted by Crippen LogP contribution is 2.32. The van der Waals surface area contributed by atoms with Gasteiger partial charge in [0.15, 0.2) is 16.5 Å². The lowest BCUT2D eigenvalue weighted by molar-refractivity contribution is -0.144. The Morgan fingerprint density at radius 1 is 1.55 bits per heavy atom. The quantitative estimate of drug-likeness (QED) is 0.829. The van der Waals surface area contributed by atoms with Crippen LogP contribution >= 0.6 is 0 Å². The molecule has 0 bridgehead atoms. The number of anilines is 1. The van der Waals surface area contributed by atoms with Gasteiger partial charge >= 0.3 is 5.97 Å². The molecule has 1 aliphatic rings. The highest BCUT2D eigenvalue weighted by molar-refractivity contribution is 7.89. The monoisotopic (exact) mass is 303 g/mol. The zero-order valence-electron chi connectivity index (χ0n) is 11.2. The number of nitrogens with two attached hydrogens (primary N) is 1. The Bertz CT molecular complexity index is 605. The van der Waals surface area contributed by atoms with Crippen molar-refractivity contribution in [3.05, 3.63) is 5.76 Å². The van der Waals surface area contributed by atoms with Crippen LogP contribution in [-0.2, 0) is 14.8 Å². The Balaban J connectivity index is 2.50. The molecule has 1 saturated heterocycles. The average molecular weight is 303 g/mol. The van der Waals surface area contributed by atoms with Crippen molar-refractivity contribution < 1.29 is 22.8 Å². The summed E-state index contributed by atoms with van der Waals surface area (Å²) in [5.74, 6) is -1.61. The van der Waals surface area contributed by atoms with Gasteiger partial charge in [-0.15, -0.1) is 0 Å². The zero-order valence-corrected chi connectivity index (χ0v) is 12.1. The first kappa shape index (κ1) is 14.8. The molecule has 8 nitrogen and oxygen atoms in total. The van der Waals surface area contributed by atoms with E-state index in [1.807, 2.05) is 0 Å². The summed E-state index contributed by atoms with van der Waals surface area (Å²) < 4.78 is 31.0. The predicted molar refractivity (Wildman–Crippen MR) is 69.4 cm³/mol. The second-order valence-corrected chi connectivity index (χ2v) is 6.80. The molecule has 0 aromatic carbocycles. The third kappa shape index (κ3) is 2.27. The normalized spacial score (nSPS) is 24.7. The van der Waals surface area contributed by atoms with Crippen LogP contribution in [0.2, 0.25) is 0 Å². The van der Waals surface area contributed by atoms with Gasteiger partial charge in [0.2, 0.25) is 0 Å². The van der Waals surface area contributed by atoms with E-state index in [2.05, 4.69) is 5.16 Å². The highest BCUT2D eigenvalue weighted by Gasteiger charge is 2.43. The molecule has 2 unspecified atom stereocenters. The zero-order chi connectivity index (χ0) is 15.1. The summed E-state index contributed by atoms with van der Waals surface area (Å²) in [4.78, 5) is 11.1. The van der Waals surface area contributed by atoms with Crippen molar-refractivity contribution in [3.63, 3.8) is 0 Å². The molecule has 112 valence electrons. The first-order valence-corrected chi connectivity index (χ1v) is 7.67. The maximum atomic E-state index is 12.6. The molecule has 3 N–H and O–H groups in total. The van der Waals surface area contributed by atoms with Gasteiger partial charge in [0.1, 0.15) is 6.04 Å². The number of carbonyl (C=O) groups is 1. The second kappa shape index (κ2) is 5.06. The van der Waals surface area contributed by atoms with E-state index in [4.69, 9.17) is 10.3 Å². The van der Waals surface area contributed by atoms with Gasteiger partial charge in [-0.25, -0.2) is 8.42 Å². The van der Waals surface area contributed by atoms with Gasteiger partial charge in [-0.1, -0.05) is 12.1 Å². The number of aromatic nitrogens is 1. The lowest BCUT2D eigenvalue weighted by Crippen LogP contribution is -2.51. The van der Waals surface area contributed by atoms with Gasteiger partial charge in [0, 0.05) is 6.54 Å². The van der Waals surface area contributed by atoms with E-state index in [0.717, 1.165) is 4.31 Å². The fourth-order valence-electron chi connectivity index (χ4n) is 2.60. The van der Waals surface area contributed by atoms with Gasteiger partial charge in [-0.2, -0.15) is 4.31 Å². The van der Waals surface area contributed by atoms with E-state index < -0.39 is 22.0 Å². The summed E-state index contributed by atoms with van der Waals surface area (Å²) in [5, 5.41) is 12.7. The fourth-order valence-corrected chi connectivity index (χ4v) is 4.50. The van der Waals surface area contributed by atoms with Gasteiger partial charge in [-0.3, -0.25) is 4.79 Å². The molecule has 1 aromatic rings. The predicted octanol–water partition coefficient (Wildman–Crippen LogP) is 0.439. The van der Waals surface area contributed by atoms with Crippen LogP contribution in [0.1, 0.15) is 25.5 Å². The van der Waals surface area contributed by atoms with Gasteiger partial charge < -0.3 is 15.4 Å². The minimum absolute atomic E-state index is 0.0601. The molecule has 0 amide bonds. The van der Waals surface area contributed by atoms with Crippen LogP contribution in [-0.4, -0.2) is 41.5 Å². The van der Waals surface area contributed by atoms with E-state index in [-0.39, 0.29) is 28.9 Å². The van der Waals surface area contributed by atoms with Crippen molar-refractivity contribution in [2.75, 3.05) is 12.3 Å². The van der Waals surface area contributed by atoms with Crippen molar-refractivity contribution in [1.29, 1.82) is 0 Å². The molecule has 0 saturated carbocycles. The molecule has 1 aromatic heterocycles. The number of piperidine rings is 1. The standard InChI is InChI=1S/C11H17N3O5S/c1-6-4-3-5-14(8(6)11(15)16)20(17,18)9-7(2)19-13-10(9)12/h6,8H,3-5H2,1-2H3,(H2,12,13)(H,15,16). The summed E-state index contributed by atoms with van der Waals surface area (Å²) in [7, 11) is -4.04. The smallest absolute Gasteiger partial charge is 0.322 e. The Morgan fingerprint density at radius 2 is 2.20 bits per heavy atom. The lowest BCUT2D eigenvalue weighted by atomic mass is 9.93. The number of aryl methyl sites for hydroxylation is 1. The van der Waals surface area contributed by atoms with E-state index in [1.54, 1.807) is 6.92 Å². The molecular formula is C11H17N3O5S. The molecule has 0 aliphatic carbocycles. The van der Waals surface area contributed by atoms with Crippen LogP contribution in [0, 0.1) is 12.8 Å². The van der Waals surface area contributed by atoms with Crippen LogP contribution in [0.25, 0.3) is 0 Å². The summed E-state index contributed by atoms with van der Waals surface area (Å²) in [6.07, 6.45) is 1.27. The van der Waals surface area contributed by atoms with E-state index >= 15 is 0 Å². The number of hydrogen-bond donors (Lipinski definition) is 2. The van der Waals surface area contributed by atoms with Crippen LogP contribution in [0.5, 0.6) is 0 Å². The minimum Gasteiger partial charge on any atom is -0.480 e. The third-order valence-electron chi connectivity index (χ3n) is 3.54. The second-order valence-electron chi connectivity index (χ2n) is 4.97. The van der Waals surface area contributed by atoms with E-state index in [9.17, 15) is 18.3 Å². The van der Waals surface area contributed by atoms with Gasteiger partial charge in [0.25, 0.3) is 10.0 Å². The van der Waals surface area contributed by atoms with E-state index in [0.29, 0.717) is 12.8 Å². The Labute approximate surface area is 116 Å². The number of carboxylic acid groups (broad SMARTS) is 1. The molecule has 1 fully saturated rings. The summed E-state index contributed by atoms with van der Waals surface area (Å²) in [5.41, 5.74) is 5.53. The average Bonchev–Trinajstić information content (AvgIpc) is 2.68. The maximum Gasteiger partial charge on any atom is 0.322 e. The number of carboxylic acids is 1. The molecule has 2 atom stereocenters. The van der Waals surface area contributed by atoms with E-state index in [1.165, 1.54) is 6.92 Å². The number of hydrogen-bond acceptors (Lipinski definition) is 6. The molecule has 0 spiro atoms. The summed E-state index contributed by atoms with van der Waals surface area (Å²) in [6, 6.07) is -1.09. The molecule has 20 heavy (non-hydrogen) atoms. The fraction of sp³-hybridized carbons (Fsp3) is 0.636.